The van der Waals surface area contributed by atoms with Gasteiger partial charge in [0.1, 0.15) is 5.75 Å². The molecule has 2 rings (SSSR count). The molecule has 1 aliphatic heterocycles. The van der Waals surface area contributed by atoms with E-state index in [1.807, 2.05) is 19.1 Å². The molecule has 2 nitrogen and oxygen atoms in total. The maximum Gasteiger partial charge on any atom is 0.138 e. The first-order valence-electron chi connectivity index (χ1n) is 4.60. The molecule has 1 aromatic rings. The third-order valence-electron chi connectivity index (χ3n) is 2.50. The molecule has 0 unspecified atom stereocenters. The Balaban J connectivity index is 2.57. The summed E-state index contributed by atoms with van der Waals surface area (Å²) in [4.78, 5) is 4.39. The summed E-state index contributed by atoms with van der Waals surface area (Å²) in [6.45, 7) is 2.88. The SMILES string of the molecule is COc1cc2c(cc1Cl)CCN=C2C. The fraction of sp³-hybridized carbons (Fsp3) is 0.364. The molecule has 0 aromatic heterocycles. The van der Waals surface area contributed by atoms with E-state index in [-0.39, 0.29) is 0 Å². The van der Waals surface area contributed by atoms with Crippen LogP contribution >= 0.6 is 11.6 Å². The number of nitrogens with zero attached hydrogens (tertiary/aromatic N) is 1. The number of fused-ring (bicyclic) bond motifs is 1. The average Bonchev–Trinajstić information content (AvgIpc) is 2.17. The summed E-state index contributed by atoms with van der Waals surface area (Å²) in [6, 6.07) is 3.95. The van der Waals surface area contributed by atoms with E-state index in [1.165, 1.54) is 5.56 Å². The van der Waals surface area contributed by atoms with Crippen molar-refractivity contribution in [3.8, 4) is 5.75 Å². The van der Waals surface area contributed by atoms with Crippen molar-refractivity contribution in [3.05, 3.63) is 28.3 Å². The van der Waals surface area contributed by atoms with Gasteiger partial charge in [0.15, 0.2) is 0 Å². The van der Waals surface area contributed by atoms with Crippen LogP contribution in [0.15, 0.2) is 17.1 Å². The van der Waals surface area contributed by atoms with Gasteiger partial charge in [0.2, 0.25) is 0 Å². The Morgan fingerprint density at radius 3 is 2.93 bits per heavy atom. The van der Waals surface area contributed by atoms with Gasteiger partial charge < -0.3 is 4.74 Å². The molecule has 0 aliphatic carbocycles. The van der Waals surface area contributed by atoms with Crippen LogP contribution in [0.1, 0.15) is 18.1 Å². The van der Waals surface area contributed by atoms with E-state index >= 15 is 0 Å². The van der Waals surface area contributed by atoms with Gasteiger partial charge in [-0.3, -0.25) is 4.99 Å². The summed E-state index contributed by atoms with van der Waals surface area (Å²) in [6.07, 6.45) is 0.969. The van der Waals surface area contributed by atoms with E-state index in [9.17, 15) is 0 Å². The summed E-state index contributed by atoms with van der Waals surface area (Å²) >= 11 is 6.04. The van der Waals surface area contributed by atoms with Crippen LogP contribution in [0.25, 0.3) is 0 Å². The lowest BCUT2D eigenvalue weighted by Crippen LogP contribution is -2.10. The van der Waals surface area contributed by atoms with E-state index in [0.717, 1.165) is 30.0 Å². The Labute approximate surface area is 88.6 Å². The Bertz CT molecular complexity index is 399. The first-order valence-corrected chi connectivity index (χ1v) is 4.98. The molecule has 1 heterocycles. The van der Waals surface area contributed by atoms with Gasteiger partial charge in [0, 0.05) is 17.8 Å². The zero-order chi connectivity index (χ0) is 10.1. The molecule has 0 spiro atoms. The summed E-state index contributed by atoms with van der Waals surface area (Å²) in [5.41, 5.74) is 3.50. The first kappa shape index (κ1) is 9.53. The van der Waals surface area contributed by atoms with Crippen LogP contribution in [0.3, 0.4) is 0 Å². The summed E-state index contributed by atoms with van der Waals surface area (Å²) in [7, 11) is 1.63. The predicted molar refractivity (Wildman–Crippen MR) is 58.8 cm³/mol. The summed E-state index contributed by atoms with van der Waals surface area (Å²) < 4.78 is 5.17. The Hall–Kier alpha value is -1.02. The van der Waals surface area contributed by atoms with Crippen LogP contribution in [0.5, 0.6) is 5.75 Å². The standard InChI is InChI=1S/C11H12ClNO/c1-7-9-6-11(14-2)10(12)5-8(9)3-4-13-7/h5-6H,3-4H2,1-2H3. The number of aliphatic imine (C=N–C) groups is 1. The van der Waals surface area contributed by atoms with Crippen LogP contribution < -0.4 is 4.74 Å². The maximum atomic E-state index is 6.04. The minimum absolute atomic E-state index is 0.681. The highest BCUT2D eigenvalue weighted by atomic mass is 35.5. The number of benzene rings is 1. The monoisotopic (exact) mass is 209 g/mol. The first-order chi connectivity index (χ1) is 6.72. The minimum atomic E-state index is 0.681. The number of halogens is 1. The molecule has 0 amide bonds. The van der Waals surface area contributed by atoms with Gasteiger partial charge in [-0.25, -0.2) is 0 Å². The van der Waals surface area contributed by atoms with E-state index in [1.54, 1.807) is 7.11 Å². The third kappa shape index (κ3) is 1.50. The van der Waals surface area contributed by atoms with Crippen LogP contribution in [0, 0.1) is 0 Å². The molecule has 3 heteroatoms. The van der Waals surface area contributed by atoms with Crippen molar-refractivity contribution in [1.29, 1.82) is 0 Å². The molecule has 0 saturated carbocycles. The lowest BCUT2D eigenvalue weighted by molar-refractivity contribution is 0.414. The highest BCUT2D eigenvalue weighted by Gasteiger charge is 2.13. The number of methoxy groups -OCH3 is 1. The van der Waals surface area contributed by atoms with Gasteiger partial charge in [-0.15, -0.1) is 0 Å². The maximum absolute atomic E-state index is 6.04. The van der Waals surface area contributed by atoms with E-state index < -0.39 is 0 Å². The van der Waals surface area contributed by atoms with E-state index in [4.69, 9.17) is 16.3 Å². The molecule has 14 heavy (non-hydrogen) atoms. The average molecular weight is 210 g/mol. The number of hydrogen-bond acceptors (Lipinski definition) is 2. The molecular weight excluding hydrogens is 198 g/mol. The van der Waals surface area contributed by atoms with Crippen molar-refractivity contribution in [2.75, 3.05) is 13.7 Å². The van der Waals surface area contributed by atoms with Crippen molar-refractivity contribution in [2.24, 2.45) is 4.99 Å². The molecule has 0 N–H and O–H groups in total. The number of rotatable bonds is 1. The van der Waals surface area contributed by atoms with Crippen molar-refractivity contribution in [3.63, 3.8) is 0 Å². The van der Waals surface area contributed by atoms with Gasteiger partial charge >= 0.3 is 0 Å². The molecule has 0 fully saturated rings. The zero-order valence-corrected chi connectivity index (χ0v) is 9.06. The van der Waals surface area contributed by atoms with Gasteiger partial charge in [0.05, 0.1) is 12.1 Å². The summed E-state index contributed by atoms with van der Waals surface area (Å²) in [5, 5.41) is 0.681. The highest BCUT2D eigenvalue weighted by Crippen LogP contribution is 2.30. The smallest absolute Gasteiger partial charge is 0.138 e. The molecule has 0 saturated heterocycles. The van der Waals surface area contributed by atoms with Gasteiger partial charge in [-0.1, -0.05) is 11.6 Å². The fourth-order valence-electron chi connectivity index (χ4n) is 1.72. The Morgan fingerprint density at radius 1 is 1.43 bits per heavy atom. The van der Waals surface area contributed by atoms with Gasteiger partial charge in [-0.2, -0.15) is 0 Å². The molecule has 1 aromatic carbocycles. The van der Waals surface area contributed by atoms with Gasteiger partial charge in [-0.05, 0) is 31.0 Å². The van der Waals surface area contributed by atoms with Crippen molar-refractivity contribution in [1.82, 2.24) is 0 Å². The second-order valence-corrected chi connectivity index (χ2v) is 3.77. The molecule has 1 aliphatic rings. The molecule has 0 radical (unpaired) electrons. The second kappa shape index (κ2) is 3.62. The van der Waals surface area contributed by atoms with E-state index in [0.29, 0.717) is 5.02 Å². The van der Waals surface area contributed by atoms with Crippen LogP contribution in [0.4, 0.5) is 0 Å². The third-order valence-corrected chi connectivity index (χ3v) is 2.79. The predicted octanol–water partition coefficient (Wildman–Crippen LogP) is 2.71. The van der Waals surface area contributed by atoms with E-state index in [2.05, 4.69) is 4.99 Å². The van der Waals surface area contributed by atoms with Crippen LogP contribution in [0.2, 0.25) is 5.02 Å². The minimum Gasteiger partial charge on any atom is -0.495 e. The lowest BCUT2D eigenvalue weighted by Gasteiger charge is -2.16. The molecular formula is C11H12ClNO. The topological polar surface area (TPSA) is 21.6 Å². The largest absolute Gasteiger partial charge is 0.495 e. The number of hydrogen-bond donors (Lipinski definition) is 0. The van der Waals surface area contributed by atoms with Crippen LogP contribution in [-0.2, 0) is 6.42 Å². The quantitative estimate of drug-likeness (QED) is 0.697. The zero-order valence-electron chi connectivity index (χ0n) is 8.30. The van der Waals surface area contributed by atoms with Crippen LogP contribution in [-0.4, -0.2) is 19.4 Å². The van der Waals surface area contributed by atoms with Crippen molar-refractivity contribution < 1.29 is 4.74 Å². The molecule has 0 bridgehead atoms. The van der Waals surface area contributed by atoms with Gasteiger partial charge in [0.25, 0.3) is 0 Å². The normalized spacial score (nSPS) is 14.6. The Morgan fingerprint density at radius 2 is 2.21 bits per heavy atom. The second-order valence-electron chi connectivity index (χ2n) is 3.36. The summed E-state index contributed by atoms with van der Waals surface area (Å²) in [5.74, 6) is 0.724. The Kier molecular flexibility index (Phi) is 2.46. The van der Waals surface area contributed by atoms with Crippen molar-refractivity contribution in [2.45, 2.75) is 13.3 Å². The lowest BCUT2D eigenvalue weighted by atomic mass is 9.98. The fourth-order valence-corrected chi connectivity index (χ4v) is 1.99. The highest BCUT2D eigenvalue weighted by molar-refractivity contribution is 6.32. The van der Waals surface area contributed by atoms with Crippen molar-refractivity contribution >= 4 is 17.3 Å². The number of ether oxygens (including phenoxy) is 1. The molecule has 0 atom stereocenters. The molecule has 74 valence electrons.